The minimum Gasteiger partial charge on any atom is -0.481 e. The maximum atomic E-state index is 12.3. The van der Waals surface area contributed by atoms with Gasteiger partial charge in [0.2, 0.25) is 5.91 Å². The first-order chi connectivity index (χ1) is 9.32. The zero-order valence-corrected chi connectivity index (χ0v) is 12.1. The standard InChI is InChI=1S/C12H22N4O4/c1-14(2)6-7-15(3)12(20)16-5-4-13-11(19)9(16)8-10(17)18/h9H,4-8H2,1-3H3,(H,13,19)(H,17,18). The summed E-state index contributed by atoms with van der Waals surface area (Å²) in [6.07, 6.45) is -0.376. The van der Waals surface area contributed by atoms with E-state index in [-0.39, 0.29) is 12.5 Å². The molecule has 1 aliphatic heterocycles. The number of nitrogens with one attached hydrogen (secondary N) is 1. The van der Waals surface area contributed by atoms with Crippen LogP contribution < -0.4 is 5.32 Å². The summed E-state index contributed by atoms with van der Waals surface area (Å²) in [5, 5.41) is 11.4. The van der Waals surface area contributed by atoms with E-state index in [1.165, 1.54) is 9.80 Å². The number of piperazine rings is 1. The summed E-state index contributed by atoms with van der Waals surface area (Å²) in [6, 6.07) is -1.25. The molecule has 20 heavy (non-hydrogen) atoms. The van der Waals surface area contributed by atoms with Gasteiger partial charge in [-0.25, -0.2) is 4.79 Å². The minimum atomic E-state index is -1.10. The molecule has 1 aliphatic rings. The van der Waals surface area contributed by atoms with Gasteiger partial charge in [-0.1, -0.05) is 0 Å². The lowest BCUT2D eigenvalue weighted by molar-refractivity contribution is -0.142. The van der Waals surface area contributed by atoms with Crippen molar-refractivity contribution >= 4 is 17.9 Å². The first-order valence-electron chi connectivity index (χ1n) is 6.49. The zero-order valence-electron chi connectivity index (χ0n) is 12.1. The van der Waals surface area contributed by atoms with Crippen molar-refractivity contribution in [2.75, 3.05) is 47.3 Å². The van der Waals surface area contributed by atoms with Crippen LogP contribution in [-0.4, -0.2) is 91.1 Å². The second kappa shape index (κ2) is 7.09. The molecule has 8 heteroatoms. The summed E-state index contributed by atoms with van der Waals surface area (Å²) in [5.74, 6) is -1.51. The fourth-order valence-electron chi connectivity index (χ4n) is 1.98. The molecule has 0 saturated carbocycles. The van der Waals surface area contributed by atoms with Crippen LogP contribution in [-0.2, 0) is 9.59 Å². The Labute approximate surface area is 118 Å². The SMILES string of the molecule is CN(C)CCN(C)C(=O)N1CCNC(=O)C1CC(=O)O. The quantitative estimate of drug-likeness (QED) is 0.667. The Morgan fingerprint density at radius 2 is 2.00 bits per heavy atom. The number of rotatable bonds is 5. The van der Waals surface area contributed by atoms with E-state index < -0.39 is 17.9 Å². The van der Waals surface area contributed by atoms with Crippen molar-refractivity contribution in [3.63, 3.8) is 0 Å². The van der Waals surface area contributed by atoms with Crippen LogP contribution in [0.5, 0.6) is 0 Å². The van der Waals surface area contributed by atoms with Crippen molar-refractivity contribution in [3.8, 4) is 0 Å². The number of likely N-dealkylation sites (N-methyl/N-ethyl adjacent to an activating group) is 2. The van der Waals surface area contributed by atoms with Gasteiger partial charge in [0.1, 0.15) is 6.04 Å². The molecule has 1 saturated heterocycles. The molecule has 0 radical (unpaired) electrons. The van der Waals surface area contributed by atoms with Crippen LogP contribution in [0.2, 0.25) is 0 Å². The topological polar surface area (TPSA) is 93.2 Å². The van der Waals surface area contributed by atoms with Crippen molar-refractivity contribution in [3.05, 3.63) is 0 Å². The van der Waals surface area contributed by atoms with Crippen LogP contribution >= 0.6 is 0 Å². The molecule has 114 valence electrons. The molecule has 0 aliphatic carbocycles. The van der Waals surface area contributed by atoms with Crippen molar-refractivity contribution in [1.29, 1.82) is 0 Å². The number of carbonyl (C=O) groups excluding carboxylic acids is 2. The maximum absolute atomic E-state index is 12.3. The molecule has 0 aromatic carbocycles. The van der Waals surface area contributed by atoms with Gasteiger partial charge in [-0.15, -0.1) is 0 Å². The molecule has 0 spiro atoms. The van der Waals surface area contributed by atoms with Crippen LogP contribution in [0, 0.1) is 0 Å². The average molecular weight is 286 g/mol. The summed E-state index contributed by atoms with van der Waals surface area (Å²) >= 11 is 0. The summed E-state index contributed by atoms with van der Waals surface area (Å²) in [6.45, 7) is 1.90. The van der Waals surface area contributed by atoms with Gasteiger partial charge in [-0.05, 0) is 14.1 Å². The van der Waals surface area contributed by atoms with Crippen molar-refractivity contribution < 1.29 is 19.5 Å². The van der Waals surface area contributed by atoms with E-state index in [4.69, 9.17) is 5.11 Å². The highest BCUT2D eigenvalue weighted by Gasteiger charge is 2.35. The lowest BCUT2D eigenvalue weighted by Crippen LogP contribution is -2.60. The molecule has 8 nitrogen and oxygen atoms in total. The number of nitrogens with zero attached hydrogens (tertiary/aromatic N) is 3. The number of carboxylic acids is 1. The van der Waals surface area contributed by atoms with Crippen molar-refractivity contribution in [2.45, 2.75) is 12.5 Å². The Kier molecular flexibility index (Phi) is 5.75. The van der Waals surface area contributed by atoms with Crippen LogP contribution in [0.25, 0.3) is 0 Å². The van der Waals surface area contributed by atoms with Gasteiger partial charge >= 0.3 is 12.0 Å². The highest BCUT2D eigenvalue weighted by atomic mass is 16.4. The van der Waals surface area contributed by atoms with E-state index in [0.717, 1.165) is 0 Å². The number of aliphatic carboxylic acids is 1. The van der Waals surface area contributed by atoms with Gasteiger partial charge in [0.15, 0.2) is 0 Å². The van der Waals surface area contributed by atoms with E-state index in [1.807, 2.05) is 19.0 Å². The van der Waals surface area contributed by atoms with Crippen LogP contribution in [0.1, 0.15) is 6.42 Å². The Morgan fingerprint density at radius 3 is 2.55 bits per heavy atom. The molecule has 2 N–H and O–H groups in total. The van der Waals surface area contributed by atoms with Crippen LogP contribution in [0.15, 0.2) is 0 Å². The Balaban J connectivity index is 2.71. The summed E-state index contributed by atoms with van der Waals surface area (Å²) < 4.78 is 0. The number of urea groups is 1. The second-order valence-electron chi connectivity index (χ2n) is 5.11. The summed E-state index contributed by atoms with van der Waals surface area (Å²) in [5.41, 5.74) is 0. The van der Waals surface area contributed by atoms with Gasteiger partial charge in [0, 0.05) is 33.2 Å². The molecule has 1 heterocycles. The first-order valence-corrected chi connectivity index (χ1v) is 6.49. The molecule has 1 atom stereocenters. The molecule has 1 rings (SSSR count). The van der Waals surface area contributed by atoms with E-state index in [1.54, 1.807) is 7.05 Å². The first kappa shape index (κ1) is 16.2. The van der Waals surface area contributed by atoms with Gasteiger partial charge in [0.25, 0.3) is 0 Å². The second-order valence-corrected chi connectivity index (χ2v) is 5.11. The Hall–Kier alpha value is -1.83. The fraction of sp³-hybridized carbons (Fsp3) is 0.750. The third-order valence-electron chi connectivity index (χ3n) is 3.15. The van der Waals surface area contributed by atoms with Gasteiger partial charge in [0.05, 0.1) is 6.42 Å². The number of hydrogen-bond acceptors (Lipinski definition) is 4. The summed E-state index contributed by atoms with van der Waals surface area (Å²) in [7, 11) is 5.45. The molecule has 0 aromatic heterocycles. The molecule has 1 unspecified atom stereocenters. The third-order valence-corrected chi connectivity index (χ3v) is 3.15. The molecule has 0 aromatic rings. The number of carboxylic acid groups (broad SMARTS) is 1. The zero-order chi connectivity index (χ0) is 15.3. The Bertz CT molecular complexity index is 386. The predicted octanol–water partition coefficient (Wildman–Crippen LogP) is -1.13. The Morgan fingerprint density at radius 1 is 1.35 bits per heavy atom. The smallest absolute Gasteiger partial charge is 0.320 e. The van der Waals surface area contributed by atoms with E-state index in [0.29, 0.717) is 26.2 Å². The molecule has 3 amide bonds. The van der Waals surface area contributed by atoms with E-state index >= 15 is 0 Å². The number of amides is 3. The minimum absolute atomic E-state index is 0.312. The predicted molar refractivity (Wildman–Crippen MR) is 72.3 cm³/mol. The molecule has 0 bridgehead atoms. The van der Waals surface area contributed by atoms with E-state index in [9.17, 15) is 14.4 Å². The molecule has 1 fully saturated rings. The van der Waals surface area contributed by atoms with E-state index in [2.05, 4.69) is 5.32 Å². The lowest BCUT2D eigenvalue weighted by atomic mass is 10.1. The van der Waals surface area contributed by atoms with Gasteiger partial charge < -0.3 is 25.1 Å². The molecular formula is C12H22N4O4. The maximum Gasteiger partial charge on any atom is 0.320 e. The molecular weight excluding hydrogens is 264 g/mol. The monoisotopic (exact) mass is 286 g/mol. The third kappa shape index (κ3) is 4.37. The van der Waals surface area contributed by atoms with Gasteiger partial charge in [-0.2, -0.15) is 0 Å². The van der Waals surface area contributed by atoms with Crippen LogP contribution in [0.4, 0.5) is 4.79 Å². The van der Waals surface area contributed by atoms with Crippen LogP contribution in [0.3, 0.4) is 0 Å². The van der Waals surface area contributed by atoms with Crippen molar-refractivity contribution in [2.24, 2.45) is 0 Å². The fourth-order valence-corrected chi connectivity index (χ4v) is 1.98. The number of hydrogen-bond donors (Lipinski definition) is 2. The number of carbonyl (C=O) groups is 3. The lowest BCUT2D eigenvalue weighted by Gasteiger charge is -2.36. The average Bonchev–Trinajstić information content (AvgIpc) is 2.37. The highest BCUT2D eigenvalue weighted by Crippen LogP contribution is 2.11. The highest BCUT2D eigenvalue weighted by molar-refractivity contribution is 5.91. The van der Waals surface area contributed by atoms with Crippen molar-refractivity contribution in [1.82, 2.24) is 20.0 Å². The van der Waals surface area contributed by atoms with Gasteiger partial charge in [-0.3, -0.25) is 9.59 Å². The normalized spacial score (nSPS) is 18.9. The largest absolute Gasteiger partial charge is 0.481 e. The summed E-state index contributed by atoms with van der Waals surface area (Å²) in [4.78, 5) is 39.7.